The zero-order chi connectivity index (χ0) is 14.7. The minimum Gasteiger partial charge on any atom is -0.481 e. The number of benzene rings is 2. The molecule has 2 N–H and O–H groups in total. The van der Waals surface area contributed by atoms with E-state index in [2.05, 4.69) is 5.32 Å². The number of aliphatic carboxylic acids is 1. The first kappa shape index (κ1) is 14.1. The highest BCUT2D eigenvalue weighted by Gasteiger charge is 2.09. The van der Waals surface area contributed by atoms with Crippen LogP contribution in [0, 0.1) is 19.7 Å². The van der Waals surface area contributed by atoms with E-state index in [9.17, 15) is 9.18 Å². The van der Waals surface area contributed by atoms with Gasteiger partial charge in [-0.1, -0.05) is 6.07 Å². The number of hydrogen-bond acceptors (Lipinski definition) is 2. The summed E-state index contributed by atoms with van der Waals surface area (Å²) >= 11 is 0. The number of carboxylic acid groups (broad SMARTS) is 1. The Kier molecular flexibility index (Phi) is 4.03. The minimum absolute atomic E-state index is 0.217. The molecule has 0 saturated heterocycles. The fourth-order valence-electron chi connectivity index (χ4n) is 1.97. The SMILES string of the molecule is Cc1ccc(Nc2ccc(F)cc2CC(=O)O)cc1C. The minimum atomic E-state index is -0.987. The van der Waals surface area contributed by atoms with Gasteiger partial charge in [0, 0.05) is 11.4 Å². The van der Waals surface area contributed by atoms with E-state index < -0.39 is 11.8 Å². The standard InChI is InChI=1S/C16H16FNO2/c1-10-3-5-14(7-11(10)2)18-15-6-4-13(17)8-12(15)9-16(19)20/h3-8,18H,9H2,1-2H3,(H,19,20). The molecule has 0 aliphatic heterocycles. The second-order valence-electron chi connectivity index (χ2n) is 4.80. The third-order valence-electron chi connectivity index (χ3n) is 3.19. The first-order valence-electron chi connectivity index (χ1n) is 6.30. The molecule has 0 aromatic heterocycles. The summed E-state index contributed by atoms with van der Waals surface area (Å²) in [5.74, 6) is -1.43. The lowest BCUT2D eigenvalue weighted by molar-refractivity contribution is -0.136. The predicted molar refractivity (Wildman–Crippen MR) is 76.9 cm³/mol. The van der Waals surface area contributed by atoms with E-state index in [1.807, 2.05) is 32.0 Å². The van der Waals surface area contributed by atoms with E-state index in [1.165, 1.54) is 17.7 Å². The van der Waals surface area contributed by atoms with Crippen LogP contribution in [0.3, 0.4) is 0 Å². The molecule has 20 heavy (non-hydrogen) atoms. The average Bonchev–Trinajstić information content (AvgIpc) is 2.36. The zero-order valence-corrected chi connectivity index (χ0v) is 11.4. The molecule has 0 atom stereocenters. The molecule has 2 aromatic carbocycles. The Hall–Kier alpha value is -2.36. The van der Waals surface area contributed by atoms with Crippen molar-refractivity contribution in [3.8, 4) is 0 Å². The van der Waals surface area contributed by atoms with Crippen LogP contribution in [0.25, 0.3) is 0 Å². The monoisotopic (exact) mass is 273 g/mol. The number of carbonyl (C=O) groups is 1. The summed E-state index contributed by atoms with van der Waals surface area (Å²) in [5, 5.41) is 12.0. The quantitative estimate of drug-likeness (QED) is 0.890. The highest BCUT2D eigenvalue weighted by atomic mass is 19.1. The summed E-state index contributed by atoms with van der Waals surface area (Å²) in [6, 6.07) is 9.99. The molecule has 0 bridgehead atoms. The van der Waals surface area contributed by atoms with E-state index >= 15 is 0 Å². The van der Waals surface area contributed by atoms with Gasteiger partial charge in [-0.25, -0.2) is 4.39 Å². The third kappa shape index (κ3) is 3.35. The normalized spacial score (nSPS) is 10.3. The molecule has 2 rings (SSSR count). The summed E-state index contributed by atoms with van der Waals surface area (Å²) in [5.41, 5.74) is 4.21. The summed E-state index contributed by atoms with van der Waals surface area (Å²) in [6.45, 7) is 4.02. The van der Waals surface area contributed by atoms with Crippen molar-refractivity contribution in [3.63, 3.8) is 0 Å². The molecular weight excluding hydrogens is 257 g/mol. The van der Waals surface area contributed by atoms with Crippen molar-refractivity contribution in [3.05, 3.63) is 58.9 Å². The van der Waals surface area contributed by atoms with Crippen molar-refractivity contribution in [2.45, 2.75) is 20.3 Å². The fraction of sp³-hybridized carbons (Fsp3) is 0.188. The van der Waals surface area contributed by atoms with E-state index in [1.54, 1.807) is 6.07 Å². The molecular formula is C16H16FNO2. The van der Waals surface area contributed by atoms with Crippen molar-refractivity contribution in [2.75, 3.05) is 5.32 Å². The van der Waals surface area contributed by atoms with Gasteiger partial charge in [0.2, 0.25) is 0 Å². The lowest BCUT2D eigenvalue weighted by Gasteiger charge is -2.12. The molecule has 0 amide bonds. The Labute approximate surface area is 117 Å². The molecule has 0 heterocycles. The number of anilines is 2. The summed E-state index contributed by atoms with van der Waals surface area (Å²) < 4.78 is 13.2. The highest BCUT2D eigenvalue weighted by molar-refractivity contribution is 5.75. The van der Waals surface area contributed by atoms with Gasteiger partial charge in [-0.2, -0.15) is 0 Å². The van der Waals surface area contributed by atoms with Gasteiger partial charge >= 0.3 is 5.97 Å². The van der Waals surface area contributed by atoms with Crippen LogP contribution in [0.2, 0.25) is 0 Å². The lowest BCUT2D eigenvalue weighted by Crippen LogP contribution is -2.04. The Balaban J connectivity index is 2.32. The number of halogens is 1. The van der Waals surface area contributed by atoms with Crippen LogP contribution in [-0.2, 0) is 11.2 Å². The maximum Gasteiger partial charge on any atom is 0.307 e. The van der Waals surface area contributed by atoms with Gasteiger partial charge in [-0.3, -0.25) is 4.79 Å². The van der Waals surface area contributed by atoms with Crippen molar-refractivity contribution >= 4 is 17.3 Å². The second-order valence-corrected chi connectivity index (χ2v) is 4.80. The first-order valence-corrected chi connectivity index (χ1v) is 6.30. The van der Waals surface area contributed by atoms with Crippen molar-refractivity contribution in [1.29, 1.82) is 0 Å². The number of nitrogens with one attached hydrogen (secondary N) is 1. The third-order valence-corrected chi connectivity index (χ3v) is 3.19. The molecule has 104 valence electrons. The molecule has 2 aromatic rings. The lowest BCUT2D eigenvalue weighted by atomic mass is 10.1. The number of carboxylic acids is 1. The zero-order valence-electron chi connectivity index (χ0n) is 11.4. The largest absolute Gasteiger partial charge is 0.481 e. The van der Waals surface area contributed by atoms with Crippen LogP contribution in [0.5, 0.6) is 0 Å². The first-order chi connectivity index (χ1) is 9.45. The Bertz CT molecular complexity index is 653. The van der Waals surface area contributed by atoms with Gasteiger partial charge in [-0.05, 0) is 60.9 Å². The maximum atomic E-state index is 13.2. The van der Waals surface area contributed by atoms with E-state index in [0.29, 0.717) is 11.3 Å². The Morgan fingerprint density at radius 3 is 2.55 bits per heavy atom. The highest BCUT2D eigenvalue weighted by Crippen LogP contribution is 2.24. The van der Waals surface area contributed by atoms with Gasteiger partial charge in [-0.15, -0.1) is 0 Å². The van der Waals surface area contributed by atoms with Crippen LogP contribution in [0.1, 0.15) is 16.7 Å². The molecule has 0 saturated carbocycles. The smallest absolute Gasteiger partial charge is 0.307 e. The molecule has 0 unspecified atom stereocenters. The van der Waals surface area contributed by atoms with Crippen LogP contribution >= 0.6 is 0 Å². The van der Waals surface area contributed by atoms with Gasteiger partial charge < -0.3 is 10.4 Å². The summed E-state index contributed by atoms with van der Waals surface area (Å²) in [6.07, 6.45) is -0.217. The topological polar surface area (TPSA) is 49.3 Å². The Morgan fingerprint density at radius 1 is 1.15 bits per heavy atom. The molecule has 0 aliphatic rings. The molecule has 0 aliphatic carbocycles. The van der Waals surface area contributed by atoms with Crippen molar-refractivity contribution in [2.24, 2.45) is 0 Å². The molecule has 0 fully saturated rings. The Morgan fingerprint density at radius 2 is 1.90 bits per heavy atom. The molecule has 4 heteroatoms. The van der Waals surface area contributed by atoms with Crippen molar-refractivity contribution in [1.82, 2.24) is 0 Å². The summed E-state index contributed by atoms with van der Waals surface area (Å²) in [4.78, 5) is 10.8. The van der Waals surface area contributed by atoms with Crippen molar-refractivity contribution < 1.29 is 14.3 Å². The van der Waals surface area contributed by atoms with Gasteiger partial charge in [0.1, 0.15) is 5.82 Å². The number of hydrogen-bond donors (Lipinski definition) is 2. The number of aryl methyl sites for hydroxylation is 2. The van der Waals surface area contributed by atoms with E-state index in [-0.39, 0.29) is 6.42 Å². The average molecular weight is 273 g/mol. The number of rotatable bonds is 4. The molecule has 3 nitrogen and oxygen atoms in total. The van der Waals surface area contributed by atoms with Gasteiger partial charge in [0.05, 0.1) is 6.42 Å². The maximum absolute atomic E-state index is 13.2. The molecule has 0 spiro atoms. The predicted octanol–water partition coefficient (Wildman–Crippen LogP) is 3.81. The van der Waals surface area contributed by atoms with Crippen LogP contribution < -0.4 is 5.32 Å². The molecule has 0 radical (unpaired) electrons. The van der Waals surface area contributed by atoms with Crippen LogP contribution in [0.15, 0.2) is 36.4 Å². The second kappa shape index (κ2) is 5.74. The fourth-order valence-corrected chi connectivity index (χ4v) is 1.97. The van der Waals surface area contributed by atoms with Crippen LogP contribution in [-0.4, -0.2) is 11.1 Å². The summed E-state index contributed by atoms with van der Waals surface area (Å²) in [7, 11) is 0. The van der Waals surface area contributed by atoms with E-state index in [0.717, 1.165) is 11.3 Å². The van der Waals surface area contributed by atoms with E-state index in [4.69, 9.17) is 5.11 Å². The van der Waals surface area contributed by atoms with Gasteiger partial charge in [0.25, 0.3) is 0 Å². The van der Waals surface area contributed by atoms with Gasteiger partial charge in [0.15, 0.2) is 0 Å². The van der Waals surface area contributed by atoms with Crippen LogP contribution in [0.4, 0.5) is 15.8 Å².